The number of imidazole rings is 1. The van der Waals surface area contributed by atoms with Crippen molar-refractivity contribution in [3.63, 3.8) is 0 Å². The van der Waals surface area contributed by atoms with Crippen molar-refractivity contribution in [3.8, 4) is 0 Å². The van der Waals surface area contributed by atoms with Gasteiger partial charge >= 0.3 is 0 Å². The summed E-state index contributed by atoms with van der Waals surface area (Å²) in [5.74, 6) is 0. The Morgan fingerprint density at radius 3 is 2.29 bits per heavy atom. The van der Waals surface area contributed by atoms with E-state index in [9.17, 15) is 0 Å². The van der Waals surface area contributed by atoms with Crippen LogP contribution in [0.5, 0.6) is 0 Å². The van der Waals surface area contributed by atoms with E-state index in [0.717, 1.165) is 0 Å². The number of aromatic amines is 1. The molecule has 0 aliphatic rings. The van der Waals surface area contributed by atoms with Crippen LogP contribution in [0, 0.1) is 0 Å². The fourth-order valence-corrected chi connectivity index (χ4v) is 0.215. The highest BCUT2D eigenvalue weighted by Crippen LogP contribution is 1.62. The maximum atomic E-state index is 3.67. The van der Waals surface area contributed by atoms with Crippen LogP contribution >= 0.6 is 23.4 Å². The molecule has 0 aliphatic carbocycles. The maximum Gasteiger partial charge on any atom is 0.0919 e. The maximum absolute atomic E-state index is 3.67. The topological polar surface area (TPSA) is 28.7 Å². The average Bonchev–Trinajstić information content (AvgIpc) is 1.76. The second-order valence-corrected chi connectivity index (χ2v) is 0.761. The van der Waals surface area contributed by atoms with E-state index < -0.39 is 0 Å². The largest absolute Gasteiger partial charge is 0.351 e. The van der Waals surface area contributed by atoms with Gasteiger partial charge in [0.2, 0.25) is 0 Å². The lowest BCUT2D eigenvalue weighted by Crippen LogP contribution is -1.44. The Bertz CT molecular complexity index is 69.4. The molecule has 5 radical (unpaired) electrons. The summed E-state index contributed by atoms with van der Waals surface area (Å²) in [5, 5.41) is 0. The third-order valence-corrected chi connectivity index (χ3v) is 0.406. The number of hydrogen-bond acceptors (Lipinski definition) is 1. The molecule has 4 heteroatoms. The standard InChI is InChI=1S/C3H4N2.P.S/c1-2-5-3-4-1;;/h1-3H,(H,4,5);;. The lowest BCUT2D eigenvalue weighted by molar-refractivity contribution is 1.31. The summed E-state index contributed by atoms with van der Waals surface area (Å²) >= 11 is 0. The third kappa shape index (κ3) is 3.83. The molecule has 1 aromatic rings. The monoisotopic (exact) mass is 131 g/mol. The molecular formula is C3H4N2PS. The van der Waals surface area contributed by atoms with E-state index in [0.29, 0.717) is 0 Å². The highest BCUT2D eigenvalue weighted by atomic mass is 32.1. The van der Waals surface area contributed by atoms with E-state index in [1.807, 2.05) is 0 Å². The number of rotatable bonds is 0. The van der Waals surface area contributed by atoms with Crippen LogP contribution in [0.3, 0.4) is 0 Å². The first-order valence-corrected chi connectivity index (χ1v) is 1.43. The van der Waals surface area contributed by atoms with E-state index >= 15 is 0 Å². The van der Waals surface area contributed by atoms with Gasteiger partial charge in [0, 0.05) is 35.8 Å². The van der Waals surface area contributed by atoms with Crippen molar-refractivity contribution in [1.82, 2.24) is 9.97 Å². The molecular weight excluding hydrogens is 127 g/mol. The SMILES string of the molecule is [P].[S].c1c[nH]cn1. The number of aromatic nitrogens is 2. The van der Waals surface area contributed by atoms with Crippen molar-refractivity contribution in [3.05, 3.63) is 18.7 Å². The van der Waals surface area contributed by atoms with E-state index in [4.69, 9.17) is 0 Å². The van der Waals surface area contributed by atoms with Crippen molar-refractivity contribution < 1.29 is 0 Å². The third-order valence-electron chi connectivity index (χ3n) is 0.406. The first kappa shape index (κ1) is 10.1. The van der Waals surface area contributed by atoms with Gasteiger partial charge in [0.15, 0.2) is 0 Å². The first-order valence-electron chi connectivity index (χ1n) is 1.43. The Morgan fingerprint density at radius 1 is 1.43 bits per heavy atom. The number of H-pyrrole nitrogens is 1. The smallest absolute Gasteiger partial charge is 0.0919 e. The Kier molecular flexibility index (Phi) is 8.62. The highest BCUT2D eigenvalue weighted by Gasteiger charge is 1.56. The van der Waals surface area contributed by atoms with Crippen LogP contribution in [0.15, 0.2) is 18.7 Å². The molecule has 7 heavy (non-hydrogen) atoms. The summed E-state index contributed by atoms with van der Waals surface area (Å²) in [7, 11) is 0. The normalized spacial score (nSPS) is 5.71. The first-order chi connectivity index (χ1) is 2.50. The molecule has 0 aromatic carbocycles. The zero-order chi connectivity index (χ0) is 3.54. The van der Waals surface area contributed by atoms with Crippen molar-refractivity contribution in [1.29, 1.82) is 0 Å². The summed E-state index contributed by atoms with van der Waals surface area (Å²) < 4.78 is 0. The summed E-state index contributed by atoms with van der Waals surface area (Å²) in [6.45, 7) is 0. The van der Waals surface area contributed by atoms with E-state index in [1.165, 1.54) is 0 Å². The zero-order valence-corrected chi connectivity index (χ0v) is 5.25. The van der Waals surface area contributed by atoms with Crippen molar-refractivity contribution in [2.75, 3.05) is 0 Å². The van der Waals surface area contributed by atoms with Crippen LogP contribution in [-0.4, -0.2) is 9.97 Å². The minimum Gasteiger partial charge on any atom is -0.351 e. The van der Waals surface area contributed by atoms with Gasteiger partial charge in [-0.1, -0.05) is 0 Å². The van der Waals surface area contributed by atoms with Gasteiger partial charge in [-0.25, -0.2) is 4.98 Å². The van der Waals surface area contributed by atoms with Gasteiger partial charge < -0.3 is 4.98 Å². The molecule has 0 atom stereocenters. The van der Waals surface area contributed by atoms with Gasteiger partial charge in [0.05, 0.1) is 6.33 Å². The molecule has 0 aliphatic heterocycles. The van der Waals surface area contributed by atoms with Gasteiger partial charge in [0.25, 0.3) is 0 Å². The molecule has 0 saturated carbocycles. The van der Waals surface area contributed by atoms with Crippen LogP contribution in [0.25, 0.3) is 0 Å². The number of hydrogen-bond donors (Lipinski definition) is 1. The Labute approximate surface area is 52.8 Å². The zero-order valence-electron chi connectivity index (χ0n) is 3.53. The highest BCUT2D eigenvalue weighted by molar-refractivity contribution is 7.59. The fourth-order valence-electron chi connectivity index (χ4n) is 0.215. The van der Waals surface area contributed by atoms with Crippen LogP contribution in [-0.2, 0) is 0 Å². The van der Waals surface area contributed by atoms with Gasteiger partial charge in [-0.2, -0.15) is 0 Å². The predicted octanol–water partition coefficient (Wildman–Crippen LogP) is 1.92. The number of nitrogens with one attached hydrogen (secondary N) is 1. The molecule has 37 valence electrons. The predicted molar refractivity (Wildman–Crippen MR) is 33.1 cm³/mol. The average molecular weight is 131 g/mol. The van der Waals surface area contributed by atoms with Gasteiger partial charge in [-0.3, -0.25) is 0 Å². The van der Waals surface area contributed by atoms with Crippen molar-refractivity contribution in [2.24, 2.45) is 0 Å². The molecule has 1 rings (SSSR count). The van der Waals surface area contributed by atoms with Crippen molar-refractivity contribution >= 4 is 23.4 Å². The van der Waals surface area contributed by atoms with Crippen molar-refractivity contribution in [2.45, 2.75) is 0 Å². The number of nitrogens with zero attached hydrogens (tertiary/aromatic N) is 1. The second kappa shape index (κ2) is 5.99. The summed E-state index contributed by atoms with van der Waals surface area (Å²) in [6, 6.07) is 0. The fraction of sp³-hybridized carbons (Fsp3) is 0. The summed E-state index contributed by atoms with van der Waals surface area (Å²) in [4.78, 5) is 6.42. The molecule has 0 saturated heterocycles. The Balaban J connectivity index is 0. The minimum absolute atomic E-state index is 0. The second-order valence-electron chi connectivity index (χ2n) is 0.761. The van der Waals surface area contributed by atoms with Gasteiger partial charge in [-0.05, 0) is 0 Å². The van der Waals surface area contributed by atoms with Crippen LogP contribution in [0.1, 0.15) is 0 Å². The van der Waals surface area contributed by atoms with E-state index in [2.05, 4.69) is 9.97 Å². The van der Waals surface area contributed by atoms with E-state index in [1.54, 1.807) is 18.7 Å². The molecule has 0 spiro atoms. The summed E-state index contributed by atoms with van der Waals surface area (Å²) in [5.41, 5.74) is 0. The molecule has 1 aromatic heterocycles. The van der Waals surface area contributed by atoms with Gasteiger partial charge in [0.1, 0.15) is 0 Å². The minimum atomic E-state index is 0. The lowest BCUT2D eigenvalue weighted by atomic mass is 11.0. The van der Waals surface area contributed by atoms with E-state index in [-0.39, 0.29) is 23.4 Å². The molecule has 0 amide bonds. The van der Waals surface area contributed by atoms with Crippen LogP contribution in [0.2, 0.25) is 0 Å². The molecule has 2 nitrogen and oxygen atoms in total. The molecule has 0 unspecified atom stereocenters. The molecule has 1 heterocycles. The molecule has 0 bridgehead atoms. The lowest BCUT2D eigenvalue weighted by Gasteiger charge is -1.46. The van der Waals surface area contributed by atoms with Crippen LogP contribution < -0.4 is 0 Å². The molecule has 0 fully saturated rings. The van der Waals surface area contributed by atoms with Crippen LogP contribution in [0.4, 0.5) is 0 Å². The Hall–Kier alpha value is -0.0100. The Morgan fingerprint density at radius 2 is 2.14 bits per heavy atom. The molecule has 1 N–H and O–H groups in total. The summed E-state index contributed by atoms with van der Waals surface area (Å²) in [6.07, 6.45) is 5.08. The quantitative estimate of drug-likeness (QED) is 0.535. The van der Waals surface area contributed by atoms with Gasteiger partial charge in [-0.15, -0.1) is 0 Å².